The number of nitrogens with zero attached hydrogens (tertiary/aromatic N) is 5. The third kappa shape index (κ3) is 3.53. The number of aromatic nitrogens is 4. The molecule has 7 nitrogen and oxygen atoms in total. The fourth-order valence-electron chi connectivity index (χ4n) is 4.74. The second-order valence-corrected chi connectivity index (χ2v) is 8.97. The van der Waals surface area contributed by atoms with E-state index in [4.69, 9.17) is 4.74 Å². The van der Waals surface area contributed by atoms with E-state index < -0.39 is 0 Å². The van der Waals surface area contributed by atoms with E-state index in [1.54, 1.807) is 13.1 Å². The predicted octanol–water partition coefficient (Wildman–Crippen LogP) is 5.31. The summed E-state index contributed by atoms with van der Waals surface area (Å²) in [6.07, 6.45) is 9.78. The zero-order valence-corrected chi connectivity index (χ0v) is 18.7. The molecule has 2 aliphatic rings. The summed E-state index contributed by atoms with van der Waals surface area (Å²) >= 11 is 0. The van der Waals surface area contributed by atoms with Crippen molar-refractivity contribution >= 4 is 22.5 Å². The first-order chi connectivity index (χ1) is 16.1. The monoisotopic (exact) mass is 439 g/mol. The van der Waals surface area contributed by atoms with Crippen LogP contribution in [0.25, 0.3) is 22.0 Å². The highest BCUT2D eigenvalue weighted by atomic mass is 16.5. The average Bonchev–Trinajstić information content (AvgIpc) is 3.55. The highest BCUT2D eigenvalue weighted by molar-refractivity contribution is 5.95. The fourth-order valence-corrected chi connectivity index (χ4v) is 4.74. The van der Waals surface area contributed by atoms with E-state index in [-0.39, 0.29) is 11.9 Å². The minimum atomic E-state index is 0.0330. The summed E-state index contributed by atoms with van der Waals surface area (Å²) in [5.74, 6) is 0.738. The van der Waals surface area contributed by atoms with Gasteiger partial charge in [-0.1, -0.05) is 18.2 Å². The van der Waals surface area contributed by atoms with Crippen LogP contribution in [-0.4, -0.2) is 31.7 Å². The maximum absolute atomic E-state index is 12.5. The molecule has 0 N–H and O–H groups in total. The molecule has 4 aromatic rings. The molecule has 2 aromatic heterocycles. The van der Waals surface area contributed by atoms with E-state index in [9.17, 15) is 4.79 Å². The van der Waals surface area contributed by atoms with Crippen molar-refractivity contribution in [3.63, 3.8) is 0 Å². The summed E-state index contributed by atoms with van der Waals surface area (Å²) < 4.78 is 8.46. The standard InChI is InChI=1S/C26H25N5O2/c1-16-7-10-22-24(31(16)17(2)32)12-11-21(19-14-28-30(15-19)20-8-9-20)25(22)33-26-27-13-18-5-3-4-6-23(18)29-26/h3-6,11-16,20H,7-10H2,1-2H3/t16-/m0/s1. The van der Waals surface area contributed by atoms with Crippen LogP contribution in [0.15, 0.2) is 55.0 Å². The second kappa shape index (κ2) is 7.69. The Labute approximate surface area is 192 Å². The van der Waals surface area contributed by atoms with Crippen molar-refractivity contribution in [3.8, 4) is 22.9 Å². The smallest absolute Gasteiger partial charge is 0.322 e. The van der Waals surface area contributed by atoms with Crippen LogP contribution in [0.1, 0.15) is 44.7 Å². The Morgan fingerprint density at radius 3 is 2.76 bits per heavy atom. The van der Waals surface area contributed by atoms with Gasteiger partial charge in [-0.25, -0.2) is 4.98 Å². The fraction of sp³-hybridized carbons (Fsp3) is 0.308. The Balaban J connectivity index is 1.49. The first-order valence-electron chi connectivity index (χ1n) is 11.5. The summed E-state index contributed by atoms with van der Waals surface area (Å²) in [4.78, 5) is 23.4. The Morgan fingerprint density at radius 2 is 1.94 bits per heavy atom. The molecule has 2 aromatic carbocycles. The minimum absolute atomic E-state index is 0.0330. The Kier molecular flexibility index (Phi) is 4.64. The van der Waals surface area contributed by atoms with Crippen molar-refractivity contribution in [2.75, 3.05) is 4.90 Å². The SMILES string of the molecule is CC(=O)N1c2ccc(-c3cnn(C4CC4)c3)c(Oc3ncc4ccccc4n3)c2CC[C@@H]1C. The number of ether oxygens (including phenoxy) is 1. The van der Waals surface area contributed by atoms with E-state index in [2.05, 4.69) is 28.2 Å². The normalized spacial score (nSPS) is 17.8. The van der Waals surface area contributed by atoms with Gasteiger partial charge in [-0.15, -0.1) is 0 Å². The molecule has 6 rings (SSSR count). The van der Waals surface area contributed by atoms with E-state index in [1.165, 1.54) is 12.8 Å². The van der Waals surface area contributed by atoms with Gasteiger partial charge < -0.3 is 9.64 Å². The Hall–Kier alpha value is -3.74. The van der Waals surface area contributed by atoms with Crippen LogP contribution in [0, 0.1) is 0 Å². The largest absolute Gasteiger partial charge is 0.423 e. The van der Waals surface area contributed by atoms with Gasteiger partial charge in [0.25, 0.3) is 0 Å². The van der Waals surface area contributed by atoms with Crippen LogP contribution in [0.4, 0.5) is 5.69 Å². The topological polar surface area (TPSA) is 73.1 Å². The highest BCUT2D eigenvalue weighted by Gasteiger charge is 2.31. The number of para-hydroxylation sites is 1. The number of hydrogen-bond donors (Lipinski definition) is 0. The molecule has 0 saturated heterocycles. The zero-order chi connectivity index (χ0) is 22.5. The average molecular weight is 440 g/mol. The minimum Gasteiger partial charge on any atom is -0.423 e. The summed E-state index contributed by atoms with van der Waals surface area (Å²) in [5.41, 5.74) is 4.67. The number of amides is 1. The maximum Gasteiger partial charge on any atom is 0.322 e. The molecule has 1 atom stereocenters. The van der Waals surface area contributed by atoms with Gasteiger partial charge >= 0.3 is 6.01 Å². The molecule has 1 aliphatic heterocycles. The summed E-state index contributed by atoms with van der Waals surface area (Å²) in [7, 11) is 0. The van der Waals surface area contributed by atoms with Crippen molar-refractivity contribution in [1.29, 1.82) is 0 Å². The number of benzene rings is 2. The third-order valence-corrected chi connectivity index (χ3v) is 6.58. The number of fused-ring (bicyclic) bond motifs is 2. The van der Waals surface area contributed by atoms with E-state index in [1.807, 2.05) is 52.2 Å². The predicted molar refractivity (Wildman–Crippen MR) is 126 cm³/mol. The van der Waals surface area contributed by atoms with Gasteiger partial charge in [-0.3, -0.25) is 9.48 Å². The van der Waals surface area contributed by atoms with Gasteiger partial charge in [-0.05, 0) is 50.8 Å². The second-order valence-electron chi connectivity index (χ2n) is 8.97. The lowest BCUT2D eigenvalue weighted by atomic mass is 9.92. The number of hydrogen-bond acceptors (Lipinski definition) is 5. The third-order valence-electron chi connectivity index (χ3n) is 6.58. The summed E-state index contributed by atoms with van der Waals surface area (Å²) in [6, 6.07) is 12.8. The van der Waals surface area contributed by atoms with Crippen molar-refractivity contribution in [3.05, 3.63) is 60.6 Å². The molecule has 1 fully saturated rings. The molecule has 1 aliphatic carbocycles. The van der Waals surface area contributed by atoms with Crippen LogP contribution >= 0.6 is 0 Å². The lowest BCUT2D eigenvalue weighted by molar-refractivity contribution is -0.117. The number of carbonyl (C=O) groups excluding carboxylic acids is 1. The van der Waals surface area contributed by atoms with Crippen molar-refractivity contribution < 1.29 is 9.53 Å². The number of anilines is 1. The number of carbonyl (C=O) groups is 1. The van der Waals surface area contributed by atoms with Crippen LogP contribution in [0.2, 0.25) is 0 Å². The van der Waals surface area contributed by atoms with Gasteiger partial charge in [-0.2, -0.15) is 10.1 Å². The lowest BCUT2D eigenvalue weighted by Crippen LogP contribution is -2.40. The first-order valence-corrected chi connectivity index (χ1v) is 11.5. The van der Waals surface area contributed by atoms with E-state index >= 15 is 0 Å². The molecule has 7 heteroatoms. The molecular formula is C26H25N5O2. The molecule has 166 valence electrons. The molecular weight excluding hydrogens is 414 g/mol. The van der Waals surface area contributed by atoms with Crippen molar-refractivity contribution in [2.45, 2.75) is 51.6 Å². The van der Waals surface area contributed by atoms with Crippen LogP contribution < -0.4 is 9.64 Å². The van der Waals surface area contributed by atoms with Crippen molar-refractivity contribution in [1.82, 2.24) is 19.7 Å². The van der Waals surface area contributed by atoms with Gasteiger partial charge in [0.05, 0.1) is 23.4 Å². The van der Waals surface area contributed by atoms with Gasteiger partial charge in [0, 0.05) is 47.4 Å². The molecule has 0 radical (unpaired) electrons. The first kappa shape index (κ1) is 19.9. The molecule has 0 unspecified atom stereocenters. The molecule has 3 heterocycles. The Morgan fingerprint density at radius 1 is 1.09 bits per heavy atom. The van der Waals surface area contributed by atoms with Crippen LogP contribution in [-0.2, 0) is 11.2 Å². The van der Waals surface area contributed by atoms with Gasteiger partial charge in [0.15, 0.2) is 0 Å². The van der Waals surface area contributed by atoms with E-state index in [0.29, 0.717) is 17.8 Å². The molecule has 33 heavy (non-hydrogen) atoms. The molecule has 0 bridgehead atoms. The molecule has 0 spiro atoms. The van der Waals surface area contributed by atoms with Crippen LogP contribution in [0.3, 0.4) is 0 Å². The molecule has 1 saturated carbocycles. The van der Waals surface area contributed by atoms with Gasteiger partial charge in [0.1, 0.15) is 5.75 Å². The number of rotatable bonds is 4. The van der Waals surface area contributed by atoms with E-state index in [0.717, 1.165) is 46.1 Å². The Bertz CT molecular complexity index is 1370. The zero-order valence-electron chi connectivity index (χ0n) is 18.7. The summed E-state index contributed by atoms with van der Waals surface area (Å²) in [6.45, 7) is 3.71. The van der Waals surface area contributed by atoms with Crippen LogP contribution in [0.5, 0.6) is 11.8 Å². The van der Waals surface area contributed by atoms with Crippen molar-refractivity contribution in [2.24, 2.45) is 0 Å². The quantitative estimate of drug-likeness (QED) is 0.431. The highest BCUT2D eigenvalue weighted by Crippen LogP contribution is 2.45. The van der Waals surface area contributed by atoms with Gasteiger partial charge in [0.2, 0.25) is 5.91 Å². The maximum atomic E-state index is 12.5. The lowest BCUT2D eigenvalue weighted by Gasteiger charge is -2.35. The molecule has 1 amide bonds. The summed E-state index contributed by atoms with van der Waals surface area (Å²) in [5, 5.41) is 5.54.